The van der Waals surface area contributed by atoms with Gasteiger partial charge in [-0.3, -0.25) is 4.79 Å². The van der Waals surface area contributed by atoms with Crippen LogP contribution in [-0.4, -0.2) is 66.1 Å². The van der Waals surface area contributed by atoms with Crippen LogP contribution in [-0.2, 0) is 14.8 Å². The fourth-order valence-electron chi connectivity index (χ4n) is 3.30. The first kappa shape index (κ1) is 22.2. The van der Waals surface area contributed by atoms with E-state index in [1.165, 1.54) is 12.4 Å². The summed E-state index contributed by atoms with van der Waals surface area (Å²) >= 11 is 0. The van der Waals surface area contributed by atoms with E-state index in [-0.39, 0.29) is 53.5 Å². The highest BCUT2D eigenvalue weighted by molar-refractivity contribution is 7.89. The number of β-amino-alcohol motifs (C(OH)–C–C–N with tert-alkyl or cyclic N) is 1. The fraction of sp³-hybridized carbons (Fsp3) is 0.263. The molecule has 0 bridgehead atoms. The van der Waals surface area contributed by atoms with E-state index < -0.39 is 39.5 Å². The molecule has 9 nitrogen and oxygen atoms in total. The Bertz CT molecular complexity index is 1270. The lowest BCUT2D eigenvalue weighted by molar-refractivity contribution is 0.0583. The SMILES string of the molecule is O=C(Nc1cc(F)c(F)c(F)c1)c1cc(S(=O)(=O)N2CCOCC(O)C2)c2nc[nH]c2c1. The number of carbonyl (C=O) groups excluding carboxylic acids is 1. The zero-order chi connectivity index (χ0) is 23.0. The van der Waals surface area contributed by atoms with E-state index in [0.29, 0.717) is 12.1 Å². The third kappa shape index (κ3) is 4.19. The van der Waals surface area contributed by atoms with Crippen LogP contribution < -0.4 is 5.32 Å². The maximum atomic E-state index is 13.5. The number of nitrogens with one attached hydrogen (secondary N) is 2. The van der Waals surface area contributed by atoms with Crippen LogP contribution in [0.5, 0.6) is 0 Å². The lowest BCUT2D eigenvalue weighted by Crippen LogP contribution is -2.37. The Hall–Kier alpha value is -3.00. The number of H-pyrrole nitrogens is 1. The first-order chi connectivity index (χ1) is 15.2. The lowest BCUT2D eigenvalue weighted by atomic mass is 10.1. The number of aromatic amines is 1. The average molecular weight is 470 g/mol. The summed E-state index contributed by atoms with van der Waals surface area (Å²) in [6, 6.07) is 3.58. The summed E-state index contributed by atoms with van der Waals surface area (Å²) in [4.78, 5) is 19.1. The molecule has 2 heterocycles. The number of sulfonamides is 1. The molecule has 1 aliphatic rings. The third-order valence-electron chi connectivity index (χ3n) is 4.82. The summed E-state index contributed by atoms with van der Waals surface area (Å²) in [5, 5.41) is 12.1. The molecule has 3 aromatic rings. The number of anilines is 1. The first-order valence-electron chi connectivity index (χ1n) is 9.36. The molecule has 1 atom stereocenters. The number of rotatable bonds is 4. The summed E-state index contributed by atoms with van der Waals surface area (Å²) in [7, 11) is -4.20. The van der Waals surface area contributed by atoms with Crippen LogP contribution in [0.4, 0.5) is 18.9 Å². The monoisotopic (exact) mass is 470 g/mol. The van der Waals surface area contributed by atoms with Crippen molar-refractivity contribution in [3.05, 3.63) is 53.6 Å². The van der Waals surface area contributed by atoms with E-state index in [9.17, 15) is 31.5 Å². The molecule has 13 heteroatoms. The number of aliphatic hydroxyl groups is 1. The number of amides is 1. The number of imidazole rings is 1. The predicted octanol–water partition coefficient (Wildman–Crippen LogP) is 1.61. The molecular formula is C19H17F3N4O5S. The van der Waals surface area contributed by atoms with E-state index in [4.69, 9.17) is 4.74 Å². The molecule has 32 heavy (non-hydrogen) atoms. The van der Waals surface area contributed by atoms with E-state index in [1.54, 1.807) is 0 Å². The van der Waals surface area contributed by atoms with Crippen molar-refractivity contribution in [2.75, 3.05) is 31.6 Å². The van der Waals surface area contributed by atoms with Crippen LogP contribution >= 0.6 is 0 Å². The summed E-state index contributed by atoms with van der Waals surface area (Å²) < 4.78 is 72.8. The van der Waals surface area contributed by atoms with Gasteiger partial charge in [-0.05, 0) is 12.1 Å². The van der Waals surface area contributed by atoms with Gasteiger partial charge in [0.05, 0.1) is 31.2 Å². The normalized spacial score (nSPS) is 17.9. The van der Waals surface area contributed by atoms with Gasteiger partial charge in [-0.2, -0.15) is 4.31 Å². The molecular weight excluding hydrogens is 453 g/mol. The van der Waals surface area contributed by atoms with Gasteiger partial charge in [0.1, 0.15) is 10.4 Å². The van der Waals surface area contributed by atoms with Crippen LogP contribution in [0.2, 0.25) is 0 Å². The number of nitrogens with zero attached hydrogens (tertiary/aromatic N) is 2. The van der Waals surface area contributed by atoms with Gasteiger partial charge in [-0.15, -0.1) is 0 Å². The number of benzene rings is 2. The van der Waals surface area contributed by atoms with Gasteiger partial charge in [0.2, 0.25) is 10.0 Å². The number of aliphatic hydroxyl groups excluding tert-OH is 1. The topological polar surface area (TPSA) is 125 Å². The minimum Gasteiger partial charge on any atom is -0.389 e. The predicted molar refractivity (Wildman–Crippen MR) is 106 cm³/mol. The van der Waals surface area contributed by atoms with Crippen LogP contribution in [0.25, 0.3) is 11.0 Å². The largest absolute Gasteiger partial charge is 0.389 e. The molecule has 0 saturated carbocycles. The molecule has 2 aromatic carbocycles. The molecule has 1 unspecified atom stereocenters. The highest BCUT2D eigenvalue weighted by Crippen LogP contribution is 2.27. The second kappa shape index (κ2) is 8.50. The Kier molecular flexibility index (Phi) is 5.90. The average Bonchev–Trinajstić information content (AvgIpc) is 3.10. The maximum Gasteiger partial charge on any atom is 0.255 e. The minimum absolute atomic E-state index is 0.0168. The van der Waals surface area contributed by atoms with Crippen LogP contribution in [0, 0.1) is 17.5 Å². The van der Waals surface area contributed by atoms with Gasteiger partial charge in [0.25, 0.3) is 5.91 Å². The quantitative estimate of drug-likeness (QED) is 0.498. The Labute approximate surface area is 179 Å². The Balaban J connectivity index is 1.72. The van der Waals surface area contributed by atoms with E-state index >= 15 is 0 Å². The first-order valence-corrected chi connectivity index (χ1v) is 10.8. The number of halogens is 3. The van der Waals surface area contributed by atoms with E-state index in [1.807, 2.05) is 0 Å². The summed E-state index contributed by atoms with van der Waals surface area (Å²) in [6.07, 6.45) is 0.216. The van der Waals surface area contributed by atoms with Crippen molar-refractivity contribution in [3.8, 4) is 0 Å². The Morgan fingerprint density at radius 1 is 1.22 bits per heavy atom. The molecule has 1 fully saturated rings. The van der Waals surface area contributed by atoms with Gasteiger partial charge >= 0.3 is 0 Å². The van der Waals surface area contributed by atoms with Crippen LogP contribution in [0.3, 0.4) is 0 Å². The van der Waals surface area contributed by atoms with Crippen molar-refractivity contribution >= 4 is 32.7 Å². The molecule has 1 aromatic heterocycles. The minimum atomic E-state index is -4.20. The number of hydrogen-bond acceptors (Lipinski definition) is 6. The van der Waals surface area contributed by atoms with E-state index in [0.717, 1.165) is 10.4 Å². The van der Waals surface area contributed by atoms with Crippen molar-refractivity contribution in [3.63, 3.8) is 0 Å². The smallest absolute Gasteiger partial charge is 0.255 e. The highest BCUT2D eigenvalue weighted by atomic mass is 32.2. The van der Waals surface area contributed by atoms with Gasteiger partial charge in [0.15, 0.2) is 17.5 Å². The number of fused-ring (bicyclic) bond motifs is 1. The van der Waals surface area contributed by atoms with Gasteiger partial charge in [-0.1, -0.05) is 0 Å². The Morgan fingerprint density at radius 3 is 2.66 bits per heavy atom. The molecule has 1 amide bonds. The highest BCUT2D eigenvalue weighted by Gasteiger charge is 2.31. The van der Waals surface area contributed by atoms with Crippen molar-refractivity contribution in [1.29, 1.82) is 0 Å². The summed E-state index contributed by atoms with van der Waals surface area (Å²) in [6.45, 7) is -0.173. The standard InChI is InChI=1S/C19H17F3N4O5S/c20-13-5-11(6-14(21)17(13)22)25-19(28)10-3-15-18(24-9-23-15)16(4-10)32(29,30)26-1-2-31-8-12(27)7-26/h3-6,9,12,27H,1-2,7-8H2,(H,23,24)(H,25,28). The number of aromatic nitrogens is 2. The van der Waals surface area contributed by atoms with Gasteiger partial charge in [-0.25, -0.2) is 26.6 Å². The molecule has 170 valence electrons. The number of ether oxygens (including phenoxy) is 1. The van der Waals surface area contributed by atoms with Crippen molar-refractivity contribution in [2.45, 2.75) is 11.0 Å². The van der Waals surface area contributed by atoms with Crippen LogP contribution in [0.15, 0.2) is 35.5 Å². The Morgan fingerprint density at radius 2 is 1.94 bits per heavy atom. The zero-order valence-corrected chi connectivity index (χ0v) is 17.1. The molecule has 0 radical (unpaired) electrons. The van der Waals surface area contributed by atoms with Crippen LogP contribution in [0.1, 0.15) is 10.4 Å². The second-order valence-electron chi connectivity index (χ2n) is 7.07. The van der Waals surface area contributed by atoms with Crippen molar-refractivity contribution in [1.82, 2.24) is 14.3 Å². The summed E-state index contributed by atoms with van der Waals surface area (Å²) in [5.41, 5.74) is -0.218. The molecule has 1 saturated heterocycles. The van der Waals surface area contributed by atoms with Gasteiger partial charge in [0, 0.05) is 36.5 Å². The van der Waals surface area contributed by atoms with Crippen molar-refractivity contribution in [2.24, 2.45) is 0 Å². The second-order valence-corrected chi connectivity index (χ2v) is 8.98. The molecule has 0 spiro atoms. The number of hydrogen-bond donors (Lipinski definition) is 3. The molecule has 4 rings (SSSR count). The fourth-order valence-corrected chi connectivity index (χ4v) is 4.94. The maximum absolute atomic E-state index is 13.5. The lowest BCUT2D eigenvalue weighted by Gasteiger charge is -2.21. The number of carbonyl (C=O) groups is 1. The van der Waals surface area contributed by atoms with Crippen molar-refractivity contribution < 1.29 is 36.2 Å². The molecule has 0 aliphatic carbocycles. The molecule has 1 aliphatic heterocycles. The zero-order valence-electron chi connectivity index (χ0n) is 16.3. The molecule has 3 N–H and O–H groups in total. The van der Waals surface area contributed by atoms with E-state index in [2.05, 4.69) is 15.3 Å². The van der Waals surface area contributed by atoms with Gasteiger partial charge < -0.3 is 20.1 Å². The third-order valence-corrected chi connectivity index (χ3v) is 6.70. The summed E-state index contributed by atoms with van der Waals surface area (Å²) in [5.74, 6) is -5.55.